The van der Waals surface area contributed by atoms with Gasteiger partial charge in [-0.3, -0.25) is 0 Å². The van der Waals surface area contributed by atoms with Gasteiger partial charge in [0.1, 0.15) is 0 Å². The summed E-state index contributed by atoms with van der Waals surface area (Å²) in [6.07, 6.45) is -0.167. The minimum atomic E-state index is -0.167. The summed E-state index contributed by atoms with van der Waals surface area (Å²) in [6.45, 7) is 1.72. The molecule has 0 bridgehead atoms. The SMILES string of the molecule is CC(N)N.Cl.Cl.[Cl-].[Cl-].[Zn+2]. The third-order valence-electron chi connectivity index (χ3n) is 0. The Hall–Kier alpha value is 1.70. The molecule has 0 atom stereocenters. The van der Waals surface area contributed by atoms with E-state index in [0.29, 0.717) is 0 Å². The molecule has 0 amide bonds. The molecule has 0 unspecified atom stereocenters. The van der Waals surface area contributed by atoms with Crippen LogP contribution in [0.5, 0.6) is 0 Å². The van der Waals surface area contributed by atoms with Crippen molar-refractivity contribution in [3.63, 3.8) is 0 Å². The molecule has 0 fully saturated rings. The largest absolute Gasteiger partial charge is 2.00 e. The Morgan fingerprint density at radius 2 is 1.00 bits per heavy atom. The van der Waals surface area contributed by atoms with Gasteiger partial charge in [-0.05, 0) is 6.92 Å². The summed E-state index contributed by atoms with van der Waals surface area (Å²) in [4.78, 5) is 0. The van der Waals surface area contributed by atoms with E-state index in [4.69, 9.17) is 11.5 Å². The molecule has 0 aliphatic heterocycles. The number of nitrogens with two attached hydrogens (primary N) is 2. The van der Waals surface area contributed by atoms with Crippen LogP contribution in [0, 0.1) is 0 Å². The van der Waals surface area contributed by atoms with E-state index in [1.54, 1.807) is 6.92 Å². The molecule has 0 aromatic carbocycles. The van der Waals surface area contributed by atoms with E-state index in [9.17, 15) is 0 Å². The standard InChI is InChI=1S/C2H8N2.4ClH.Zn/c1-2(3)4;;;;;/h2H,3-4H2,1H3;4*1H;/q;;;;;+2/p-2. The van der Waals surface area contributed by atoms with Gasteiger partial charge in [0.25, 0.3) is 0 Å². The van der Waals surface area contributed by atoms with E-state index in [1.165, 1.54) is 0 Å². The summed E-state index contributed by atoms with van der Waals surface area (Å²) < 4.78 is 0. The molecule has 0 rings (SSSR count). The summed E-state index contributed by atoms with van der Waals surface area (Å²) in [6, 6.07) is 0. The van der Waals surface area contributed by atoms with Crippen molar-refractivity contribution in [2.45, 2.75) is 13.1 Å². The molecule has 0 saturated heterocycles. The molecule has 7 heteroatoms. The second-order valence-electron chi connectivity index (χ2n) is 0.859. The Morgan fingerprint density at radius 1 is 1.00 bits per heavy atom. The van der Waals surface area contributed by atoms with Crippen LogP contribution in [0.1, 0.15) is 6.92 Å². The minimum absolute atomic E-state index is 0. The van der Waals surface area contributed by atoms with Crippen molar-refractivity contribution in [2.75, 3.05) is 0 Å². The second kappa shape index (κ2) is 33.2. The molecular formula is C2H10Cl4N2Zn. The summed E-state index contributed by atoms with van der Waals surface area (Å²) in [5, 5.41) is 0. The van der Waals surface area contributed by atoms with Crippen LogP contribution in [0.25, 0.3) is 0 Å². The number of halogens is 4. The molecule has 0 aromatic heterocycles. The third kappa shape index (κ3) is 198. The Bertz CT molecular complexity index is 21.3. The molecule has 58 valence electrons. The van der Waals surface area contributed by atoms with Crippen LogP contribution < -0.4 is 36.3 Å². The van der Waals surface area contributed by atoms with E-state index < -0.39 is 0 Å². The van der Waals surface area contributed by atoms with Crippen molar-refractivity contribution in [1.82, 2.24) is 0 Å². The van der Waals surface area contributed by atoms with E-state index in [0.717, 1.165) is 0 Å². The van der Waals surface area contributed by atoms with Crippen LogP contribution in [0.3, 0.4) is 0 Å². The van der Waals surface area contributed by atoms with Gasteiger partial charge in [-0.2, -0.15) is 0 Å². The molecule has 2 nitrogen and oxygen atoms in total. The summed E-state index contributed by atoms with van der Waals surface area (Å²) in [5.74, 6) is 0. The summed E-state index contributed by atoms with van der Waals surface area (Å²) >= 11 is 0. The van der Waals surface area contributed by atoms with E-state index >= 15 is 0 Å². The van der Waals surface area contributed by atoms with Crippen molar-refractivity contribution in [3.05, 3.63) is 0 Å². The average Bonchev–Trinajstić information content (AvgIpc) is 0.811. The van der Waals surface area contributed by atoms with Crippen LogP contribution in [0.15, 0.2) is 0 Å². The van der Waals surface area contributed by atoms with Gasteiger partial charge in [0.2, 0.25) is 0 Å². The zero-order chi connectivity index (χ0) is 3.58. The zero-order valence-corrected chi connectivity index (χ0v) is 11.1. The normalized spacial score (nSPS) is 4.00. The van der Waals surface area contributed by atoms with Crippen molar-refractivity contribution in [2.24, 2.45) is 11.5 Å². The zero-order valence-electron chi connectivity index (χ0n) is 5.01. The monoisotopic (exact) mass is 266 g/mol. The van der Waals surface area contributed by atoms with Crippen molar-refractivity contribution in [3.8, 4) is 0 Å². The Morgan fingerprint density at radius 3 is 1.00 bits per heavy atom. The van der Waals surface area contributed by atoms with E-state index in [1.807, 2.05) is 0 Å². The first-order valence-electron chi connectivity index (χ1n) is 1.24. The van der Waals surface area contributed by atoms with Gasteiger partial charge in [0, 0.05) is 6.17 Å². The molecule has 0 saturated carbocycles. The average molecular weight is 269 g/mol. The number of hydrogen-bond donors (Lipinski definition) is 2. The topological polar surface area (TPSA) is 52.0 Å². The maximum Gasteiger partial charge on any atom is 2.00 e. The van der Waals surface area contributed by atoms with Gasteiger partial charge in [-0.25, -0.2) is 0 Å². The van der Waals surface area contributed by atoms with Crippen molar-refractivity contribution in [1.29, 1.82) is 0 Å². The Kier molecular flexibility index (Phi) is 168. The minimum Gasteiger partial charge on any atom is -1.00 e. The van der Waals surface area contributed by atoms with Gasteiger partial charge < -0.3 is 36.3 Å². The van der Waals surface area contributed by atoms with Gasteiger partial charge in [0.05, 0.1) is 0 Å². The number of rotatable bonds is 0. The van der Waals surface area contributed by atoms with E-state index in [-0.39, 0.29) is 75.3 Å². The first-order chi connectivity index (χ1) is 1.73. The third-order valence-corrected chi connectivity index (χ3v) is 0. The predicted octanol–water partition coefficient (Wildman–Crippen LogP) is -5.90. The van der Waals surface area contributed by atoms with Crippen LogP contribution >= 0.6 is 24.8 Å². The molecular weight excluding hydrogens is 259 g/mol. The van der Waals surface area contributed by atoms with Gasteiger partial charge in [0.15, 0.2) is 0 Å². The van der Waals surface area contributed by atoms with Crippen LogP contribution in [-0.2, 0) is 19.5 Å². The van der Waals surface area contributed by atoms with Crippen LogP contribution in [0.4, 0.5) is 0 Å². The van der Waals surface area contributed by atoms with Crippen molar-refractivity contribution >= 4 is 24.8 Å². The first kappa shape index (κ1) is 45.6. The molecule has 0 heterocycles. The van der Waals surface area contributed by atoms with Crippen molar-refractivity contribution < 1.29 is 44.3 Å². The fourth-order valence-corrected chi connectivity index (χ4v) is 0. The van der Waals surface area contributed by atoms with Gasteiger partial charge >= 0.3 is 19.5 Å². The molecule has 4 N–H and O–H groups in total. The summed E-state index contributed by atoms with van der Waals surface area (Å²) in [7, 11) is 0. The first-order valence-corrected chi connectivity index (χ1v) is 1.24. The predicted molar refractivity (Wildman–Crippen MR) is 32.3 cm³/mol. The van der Waals surface area contributed by atoms with Gasteiger partial charge in [-0.15, -0.1) is 24.8 Å². The quantitative estimate of drug-likeness (QED) is 0.340. The smallest absolute Gasteiger partial charge is 1.00 e. The Labute approximate surface area is 93.3 Å². The fourth-order valence-electron chi connectivity index (χ4n) is 0. The number of hydrogen-bond acceptors (Lipinski definition) is 2. The molecule has 0 spiro atoms. The molecule has 0 aromatic rings. The van der Waals surface area contributed by atoms with Crippen LogP contribution in [-0.4, -0.2) is 6.17 Å². The fraction of sp³-hybridized carbons (Fsp3) is 1.00. The van der Waals surface area contributed by atoms with Crippen LogP contribution in [0.2, 0.25) is 0 Å². The molecule has 9 heavy (non-hydrogen) atoms. The van der Waals surface area contributed by atoms with E-state index in [2.05, 4.69) is 0 Å². The maximum atomic E-state index is 4.89. The maximum absolute atomic E-state index is 4.89. The Balaban J connectivity index is -0.00000000450. The summed E-state index contributed by atoms with van der Waals surface area (Å²) in [5.41, 5.74) is 9.78. The molecule has 0 aliphatic rings. The molecule has 0 aliphatic carbocycles. The second-order valence-corrected chi connectivity index (χ2v) is 0.859. The molecule has 0 radical (unpaired) electrons. The van der Waals surface area contributed by atoms with Gasteiger partial charge in [-0.1, -0.05) is 0 Å².